The van der Waals surface area contributed by atoms with Crippen LogP contribution in [0.25, 0.3) is 11.0 Å². The largest absolute Gasteiger partial charge is 0.464 e. The third kappa shape index (κ3) is 3.53. The van der Waals surface area contributed by atoms with Gasteiger partial charge in [-0.15, -0.1) is 0 Å². The molecule has 2 aliphatic heterocycles. The van der Waals surface area contributed by atoms with Crippen molar-refractivity contribution in [1.29, 1.82) is 5.26 Å². The molecule has 2 aromatic rings. The van der Waals surface area contributed by atoms with Gasteiger partial charge in [0.25, 0.3) is 5.91 Å². The summed E-state index contributed by atoms with van der Waals surface area (Å²) < 4.78 is 5.35. The zero-order chi connectivity index (χ0) is 18.8. The van der Waals surface area contributed by atoms with Crippen molar-refractivity contribution in [1.82, 2.24) is 15.1 Å². The second-order valence-electron chi connectivity index (χ2n) is 7.21. The summed E-state index contributed by atoms with van der Waals surface area (Å²) in [6.45, 7) is 2.38. The van der Waals surface area contributed by atoms with Crippen LogP contribution in [0.3, 0.4) is 0 Å². The second kappa shape index (κ2) is 7.41. The van der Waals surface area contributed by atoms with Crippen LogP contribution in [0.1, 0.15) is 29.6 Å². The minimum atomic E-state index is -0.286. The Balaban J connectivity index is 1.33. The number of carbonyl (C=O) groups is 2. The molecule has 0 saturated carbocycles. The minimum absolute atomic E-state index is 0.00851. The van der Waals surface area contributed by atoms with Gasteiger partial charge in [-0.25, -0.2) is 0 Å². The van der Waals surface area contributed by atoms with Crippen molar-refractivity contribution >= 4 is 22.8 Å². The molecule has 4 rings (SSSR count). The fourth-order valence-corrected chi connectivity index (χ4v) is 4.03. The van der Waals surface area contributed by atoms with Crippen LogP contribution in [0.15, 0.2) is 34.9 Å². The zero-order valence-electron chi connectivity index (χ0n) is 15.1. The zero-order valence-corrected chi connectivity index (χ0v) is 15.1. The van der Waals surface area contributed by atoms with E-state index in [9.17, 15) is 9.59 Å². The lowest BCUT2D eigenvalue weighted by Gasteiger charge is -2.23. The Bertz CT molecular complexity index is 900. The number of carbonyl (C=O) groups excluding carboxylic acids is 2. The lowest BCUT2D eigenvalue weighted by Crippen LogP contribution is -2.43. The highest BCUT2D eigenvalue weighted by atomic mass is 16.3. The summed E-state index contributed by atoms with van der Waals surface area (Å²) in [5.74, 6) is -0.113. The van der Waals surface area contributed by atoms with Gasteiger partial charge in [0.1, 0.15) is 11.6 Å². The molecule has 7 heteroatoms. The molecule has 0 aliphatic carbocycles. The van der Waals surface area contributed by atoms with Crippen LogP contribution in [0, 0.1) is 11.3 Å². The van der Waals surface area contributed by atoms with E-state index in [4.69, 9.17) is 9.68 Å². The summed E-state index contributed by atoms with van der Waals surface area (Å²) in [5.41, 5.74) is 1.30. The molecule has 2 atom stereocenters. The van der Waals surface area contributed by atoms with Gasteiger partial charge in [0.2, 0.25) is 5.91 Å². The van der Waals surface area contributed by atoms with Gasteiger partial charge >= 0.3 is 0 Å². The Kier molecular flexibility index (Phi) is 4.82. The third-order valence-corrected chi connectivity index (χ3v) is 5.43. The van der Waals surface area contributed by atoms with Crippen molar-refractivity contribution in [3.8, 4) is 6.07 Å². The molecule has 0 spiro atoms. The van der Waals surface area contributed by atoms with Gasteiger partial charge < -0.3 is 14.6 Å². The summed E-state index contributed by atoms with van der Waals surface area (Å²) in [6.07, 6.45) is 4.04. The van der Waals surface area contributed by atoms with Crippen molar-refractivity contribution in [2.75, 3.05) is 26.2 Å². The maximum absolute atomic E-state index is 12.6. The van der Waals surface area contributed by atoms with Crippen LogP contribution in [0.5, 0.6) is 0 Å². The monoisotopic (exact) mass is 366 g/mol. The number of rotatable bonds is 4. The lowest BCUT2D eigenvalue weighted by molar-refractivity contribution is -0.132. The van der Waals surface area contributed by atoms with Gasteiger partial charge in [-0.2, -0.15) is 5.26 Å². The third-order valence-electron chi connectivity index (χ3n) is 5.43. The fraction of sp³-hybridized carbons (Fsp3) is 0.450. The molecule has 7 nitrogen and oxygen atoms in total. The number of furan rings is 1. The number of nitrogens with zero attached hydrogens (tertiary/aromatic N) is 3. The number of nitriles is 1. The van der Waals surface area contributed by atoms with Crippen LogP contribution >= 0.6 is 0 Å². The smallest absolute Gasteiger partial charge is 0.252 e. The highest BCUT2D eigenvalue weighted by Gasteiger charge is 2.32. The molecule has 140 valence electrons. The molecule has 2 unspecified atom stereocenters. The Hall–Kier alpha value is -2.85. The predicted octanol–water partition coefficient (Wildman–Crippen LogP) is 1.75. The first-order valence-corrected chi connectivity index (χ1v) is 9.34. The molecule has 1 aromatic heterocycles. The summed E-state index contributed by atoms with van der Waals surface area (Å²) >= 11 is 0. The molecule has 2 saturated heterocycles. The van der Waals surface area contributed by atoms with Crippen LogP contribution in [0.2, 0.25) is 0 Å². The van der Waals surface area contributed by atoms with Crippen LogP contribution in [0.4, 0.5) is 0 Å². The molecular weight excluding hydrogens is 344 g/mol. The van der Waals surface area contributed by atoms with Gasteiger partial charge in [0.15, 0.2) is 0 Å². The molecule has 3 heterocycles. The van der Waals surface area contributed by atoms with E-state index in [1.165, 1.54) is 0 Å². The van der Waals surface area contributed by atoms with E-state index < -0.39 is 0 Å². The van der Waals surface area contributed by atoms with E-state index in [0.29, 0.717) is 30.8 Å². The van der Waals surface area contributed by atoms with Crippen molar-refractivity contribution in [3.63, 3.8) is 0 Å². The van der Waals surface area contributed by atoms with Gasteiger partial charge in [-0.3, -0.25) is 14.5 Å². The first kappa shape index (κ1) is 17.6. The molecule has 2 amide bonds. The minimum Gasteiger partial charge on any atom is -0.464 e. The summed E-state index contributed by atoms with van der Waals surface area (Å²) in [4.78, 5) is 28.9. The number of fused-ring (bicyclic) bond motifs is 1. The molecule has 1 N–H and O–H groups in total. The molecule has 27 heavy (non-hydrogen) atoms. The van der Waals surface area contributed by atoms with E-state index in [-0.39, 0.29) is 23.9 Å². The Labute approximate surface area is 157 Å². The van der Waals surface area contributed by atoms with Crippen LogP contribution < -0.4 is 5.32 Å². The number of benzene rings is 1. The number of amides is 2. The summed E-state index contributed by atoms with van der Waals surface area (Å²) in [6, 6.07) is 9.16. The number of hydrogen-bond donors (Lipinski definition) is 1. The Morgan fingerprint density at radius 1 is 1.26 bits per heavy atom. The van der Waals surface area contributed by atoms with Gasteiger partial charge in [-0.1, -0.05) is 6.07 Å². The van der Waals surface area contributed by atoms with Crippen molar-refractivity contribution in [2.24, 2.45) is 0 Å². The first-order chi connectivity index (χ1) is 13.2. The second-order valence-corrected chi connectivity index (χ2v) is 7.21. The van der Waals surface area contributed by atoms with E-state index >= 15 is 0 Å². The van der Waals surface area contributed by atoms with E-state index in [1.54, 1.807) is 23.3 Å². The van der Waals surface area contributed by atoms with Gasteiger partial charge in [-0.05, 0) is 37.5 Å². The average molecular weight is 366 g/mol. The van der Waals surface area contributed by atoms with Crippen molar-refractivity contribution in [3.05, 3.63) is 36.1 Å². The number of likely N-dealkylation sites (tertiary alicyclic amines) is 2. The van der Waals surface area contributed by atoms with E-state index in [2.05, 4.69) is 16.3 Å². The van der Waals surface area contributed by atoms with Crippen LogP contribution in [-0.2, 0) is 4.79 Å². The maximum Gasteiger partial charge on any atom is 0.252 e. The van der Waals surface area contributed by atoms with Gasteiger partial charge in [0.05, 0.1) is 24.4 Å². The molecule has 1 aromatic carbocycles. The Morgan fingerprint density at radius 3 is 3.00 bits per heavy atom. The number of nitrogens with one attached hydrogen (secondary N) is 1. The topological polar surface area (TPSA) is 89.6 Å². The maximum atomic E-state index is 12.6. The highest BCUT2D eigenvalue weighted by molar-refractivity contribution is 6.06. The first-order valence-electron chi connectivity index (χ1n) is 9.34. The summed E-state index contributed by atoms with van der Waals surface area (Å²) in [7, 11) is 0. The molecule has 2 fully saturated rings. The fourth-order valence-electron chi connectivity index (χ4n) is 4.03. The quantitative estimate of drug-likeness (QED) is 0.890. The molecular formula is C20H22N4O3. The number of hydrogen-bond acceptors (Lipinski definition) is 5. The average Bonchev–Trinajstić information content (AvgIpc) is 3.41. The van der Waals surface area contributed by atoms with E-state index in [1.807, 2.05) is 12.1 Å². The molecule has 0 bridgehead atoms. The standard InChI is InChI=1S/C20H22N4O3/c21-11-15-3-2-8-24(15)19(25)13-23-9-6-14(12-23)22-20(26)17-4-1-5-18-16(17)7-10-27-18/h1,4-5,7,10,14-15H,2-3,6,8-9,12-13H2,(H,22,26). The normalized spacial score (nSPS) is 22.9. The SMILES string of the molecule is N#CC1CCCN1C(=O)CN1CCC(NC(=O)c2cccc3occc23)C1. The van der Waals surface area contributed by atoms with Crippen molar-refractivity contribution < 1.29 is 14.0 Å². The Morgan fingerprint density at radius 2 is 2.15 bits per heavy atom. The highest BCUT2D eigenvalue weighted by Crippen LogP contribution is 2.21. The summed E-state index contributed by atoms with van der Waals surface area (Å²) in [5, 5.41) is 13.0. The van der Waals surface area contributed by atoms with Crippen molar-refractivity contribution in [2.45, 2.75) is 31.3 Å². The lowest BCUT2D eigenvalue weighted by atomic mass is 10.1. The van der Waals surface area contributed by atoms with E-state index in [0.717, 1.165) is 31.2 Å². The predicted molar refractivity (Wildman–Crippen MR) is 98.9 cm³/mol. The van der Waals surface area contributed by atoms with Gasteiger partial charge in [0, 0.05) is 31.1 Å². The van der Waals surface area contributed by atoms with Crippen LogP contribution in [-0.4, -0.2) is 59.9 Å². The molecule has 2 aliphatic rings. The molecule has 0 radical (unpaired) electrons.